The third-order valence-electron chi connectivity index (χ3n) is 3.05. The van der Waals surface area contributed by atoms with Gasteiger partial charge in [-0.2, -0.15) is 11.8 Å². The van der Waals surface area contributed by atoms with Crippen LogP contribution in [0.1, 0.15) is 19.3 Å². The lowest BCUT2D eigenvalue weighted by Gasteiger charge is -2.21. The van der Waals surface area contributed by atoms with Crippen molar-refractivity contribution in [1.29, 1.82) is 0 Å². The average molecular weight is 306 g/mol. The molecule has 0 unspecified atom stereocenters. The maximum Gasteiger partial charge on any atom is 0.326 e. The molecule has 3 N–H and O–H groups in total. The Morgan fingerprint density at radius 3 is 2.55 bits per heavy atom. The first-order valence-electron chi connectivity index (χ1n) is 6.28. The summed E-state index contributed by atoms with van der Waals surface area (Å²) in [5.41, 5.74) is 0. The second-order valence-corrected chi connectivity index (χ2v) is 5.41. The van der Waals surface area contributed by atoms with E-state index in [0.29, 0.717) is 6.42 Å². The van der Waals surface area contributed by atoms with E-state index in [9.17, 15) is 9.59 Å². The first-order valence-corrected chi connectivity index (χ1v) is 7.67. The predicted octanol–water partition coefficient (Wildman–Crippen LogP) is 0.104. The predicted molar refractivity (Wildman–Crippen MR) is 76.9 cm³/mol. The van der Waals surface area contributed by atoms with Crippen LogP contribution in [-0.4, -0.2) is 71.1 Å². The van der Waals surface area contributed by atoms with Crippen LogP contribution in [0.15, 0.2) is 0 Å². The summed E-state index contributed by atoms with van der Waals surface area (Å²) in [5.74, 6) is -0.371. The van der Waals surface area contributed by atoms with Crippen LogP contribution < -0.4 is 5.32 Å². The summed E-state index contributed by atoms with van der Waals surface area (Å²) in [5, 5.41) is 18.5. The molecule has 0 aromatic heterocycles. The van der Waals surface area contributed by atoms with E-state index in [0.717, 1.165) is 25.1 Å². The van der Waals surface area contributed by atoms with Gasteiger partial charge in [-0.15, -0.1) is 0 Å². The maximum atomic E-state index is 11.9. The second-order valence-electron chi connectivity index (χ2n) is 4.42. The molecule has 1 saturated heterocycles. The highest BCUT2D eigenvalue weighted by molar-refractivity contribution is 7.98. The van der Waals surface area contributed by atoms with Gasteiger partial charge < -0.3 is 15.5 Å². The fourth-order valence-electron chi connectivity index (χ4n) is 2.00. The van der Waals surface area contributed by atoms with E-state index in [4.69, 9.17) is 15.0 Å². The van der Waals surface area contributed by atoms with Crippen molar-refractivity contribution in [3.63, 3.8) is 0 Å². The molecule has 20 heavy (non-hydrogen) atoms. The Morgan fingerprint density at radius 2 is 2.15 bits per heavy atom. The molecule has 116 valence electrons. The molecule has 2 atom stereocenters. The van der Waals surface area contributed by atoms with Crippen molar-refractivity contribution in [2.45, 2.75) is 31.3 Å². The molecule has 0 aromatic carbocycles. The summed E-state index contributed by atoms with van der Waals surface area (Å²) in [6.07, 6.45) is 4.21. The number of aliphatic carboxylic acids is 1. The van der Waals surface area contributed by atoms with E-state index in [1.165, 1.54) is 0 Å². The molecule has 0 spiro atoms. The fourth-order valence-corrected chi connectivity index (χ4v) is 2.47. The molecule has 1 amide bonds. The number of likely N-dealkylation sites (N-methyl/N-ethyl adjacent to an activating group) is 1. The minimum Gasteiger partial charge on any atom is -0.483 e. The molecule has 7 nitrogen and oxygen atoms in total. The first-order chi connectivity index (χ1) is 9.47. The smallest absolute Gasteiger partial charge is 0.326 e. The summed E-state index contributed by atoms with van der Waals surface area (Å²) < 4.78 is 0. The molecule has 0 aromatic rings. The van der Waals surface area contributed by atoms with E-state index in [2.05, 4.69) is 5.32 Å². The molecule has 0 saturated carbocycles. The van der Waals surface area contributed by atoms with E-state index in [1.54, 1.807) is 11.8 Å². The minimum absolute atomic E-state index is 0.154. The molecule has 0 aliphatic carbocycles. The van der Waals surface area contributed by atoms with Gasteiger partial charge in [-0.05, 0) is 44.9 Å². The van der Waals surface area contributed by atoms with Crippen molar-refractivity contribution < 1.29 is 24.6 Å². The molecule has 8 heteroatoms. The molecule has 0 radical (unpaired) electrons. The van der Waals surface area contributed by atoms with Crippen LogP contribution >= 0.6 is 11.8 Å². The molecule has 1 fully saturated rings. The zero-order valence-electron chi connectivity index (χ0n) is 11.7. The van der Waals surface area contributed by atoms with Crippen LogP contribution in [-0.2, 0) is 14.4 Å². The summed E-state index contributed by atoms with van der Waals surface area (Å²) in [6, 6.07) is -0.921. The Morgan fingerprint density at radius 1 is 1.55 bits per heavy atom. The van der Waals surface area contributed by atoms with Gasteiger partial charge >= 0.3 is 5.97 Å². The van der Waals surface area contributed by atoms with Crippen LogP contribution in [0.4, 0.5) is 0 Å². The number of rotatable bonds is 6. The van der Waals surface area contributed by atoms with Crippen molar-refractivity contribution in [1.82, 2.24) is 10.2 Å². The van der Waals surface area contributed by atoms with E-state index in [-0.39, 0.29) is 18.4 Å². The van der Waals surface area contributed by atoms with Gasteiger partial charge in [-0.3, -0.25) is 14.5 Å². The lowest BCUT2D eigenvalue weighted by Crippen LogP contribution is -2.48. The first kappa shape index (κ1) is 18.7. The average Bonchev–Trinajstić information content (AvgIpc) is 2.81. The normalized spacial score (nSPS) is 19.6. The number of hydrogen-bond acceptors (Lipinski definition) is 5. The van der Waals surface area contributed by atoms with Crippen molar-refractivity contribution >= 4 is 30.1 Å². The highest BCUT2D eigenvalue weighted by atomic mass is 32.2. The van der Waals surface area contributed by atoms with Crippen LogP contribution in [0.5, 0.6) is 0 Å². The van der Waals surface area contributed by atoms with Crippen LogP contribution in [0.25, 0.3) is 0 Å². The van der Waals surface area contributed by atoms with Gasteiger partial charge in [0.2, 0.25) is 5.91 Å². The highest BCUT2D eigenvalue weighted by Gasteiger charge is 2.30. The van der Waals surface area contributed by atoms with Crippen LogP contribution in [0, 0.1) is 0 Å². The number of thioether (sulfide) groups is 1. The molecule has 1 heterocycles. The van der Waals surface area contributed by atoms with Crippen molar-refractivity contribution in [2.24, 2.45) is 0 Å². The number of carboxylic acid groups (broad SMARTS) is 2. The van der Waals surface area contributed by atoms with Gasteiger partial charge in [-0.25, -0.2) is 4.79 Å². The molecular weight excluding hydrogens is 284 g/mol. The third-order valence-corrected chi connectivity index (χ3v) is 3.69. The summed E-state index contributed by atoms with van der Waals surface area (Å²) in [4.78, 5) is 33.2. The van der Waals surface area contributed by atoms with Gasteiger partial charge in [0.15, 0.2) is 0 Å². The third kappa shape index (κ3) is 6.76. The van der Waals surface area contributed by atoms with Crippen molar-refractivity contribution in [3.8, 4) is 0 Å². The van der Waals surface area contributed by atoms with Gasteiger partial charge in [-0.1, -0.05) is 0 Å². The zero-order valence-corrected chi connectivity index (χ0v) is 12.6. The molecule has 1 aliphatic heterocycles. The van der Waals surface area contributed by atoms with Crippen molar-refractivity contribution in [3.05, 3.63) is 0 Å². The topological polar surface area (TPSA) is 107 Å². The monoisotopic (exact) mass is 306 g/mol. The molecular formula is C12H22N2O5S. The maximum absolute atomic E-state index is 11.9. The van der Waals surface area contributed by atoms with Crippen LogP contribution in [0.2, 0.25) is 0 Å². The van der Waals surface area contributed by atoms with Crippen molar-refractivity contribution in [2.75, 3.05) is 25.6 Å². The fraction of sp³-hybridized carbons (Fsp3) is 0.750. The van der Waals surface area contributed by atoms with Crippen LogP contribution in [0.3, 0.4) is 0 Å². The van der Waals surface area contributed by atoms with Gasteiger partial charge in [0.25, 0.3) is 6.47 Å². The summed E-state index contributed by atoms with van der Waals surface area (Å²) in [6.45, 7) is 0.653. The lowest BCUT2D eigenvalue weighted by molar-refractivity contribution is -0.142. The van der Waals surface area contributed by atoms with E-state index in [1.807, 2.05) is 18.2 Å². The van der Waals surface area contributed by atoms with Gasteiger partial charge in [0, 0.05) is 0 Å². The number of likely N-dealkylation sites (tertiary alicyclic amines) is 1. The Balaban J connectivity index is 0.00000110. The number of amides is 1. The number of carbonyl (C=O) groups is 3. The molecule has 1 rings (SSSR count). The Bertz CT molecular complexity index is 327. The second kappa shape index (κ2) is 10.5. The van der Waals surface area contributed by atoms with Gasteiger partial charge in [0.1, 0.15) is 6.04 Å². The number of nitrogens with one attached hydrogen (secondary N) is 1. The Kier molecular flexibility index (Phi) is 9.83. The minimum atomic E-state index is -0.951. The molecule has 1 aliphatic rings. The number of carboxylic acids is 1. The molecule has 0 bridgehead atoms. The van der Waals surface area contributed by atoms with Gasteiger partial charge in [0.05, 0.1) is 6.04 Å². The number of carbonyl (C=O) groups excluding carboxylic acids is 1. The van der Waals surface area contributed by atoms with E-state index < -0.39 is 12.0 Å². The quantitative estimate of drug-likeness (QED) is 0.598. The number of hydrogen-bond donors (Lipinski definition) is 3. The summed E-state index contributed by atoms with van der Waals surface area (Å²) >= 11 is 1.58. The number of nitrogens with zero attached hydrogens (tertiary/aromatic N) is 1. The Hall–Kier alpha value is -1.28. The Labute approximate surface area is 122 Å². The van der Waals surface area contributed by atoms with E-state index >= 15 is 0 Å². The zero-order chi connectivity index (χ0) is 15.5. The standard InChI is InChI=1S/C11H20N2O3S.CH2O2/c1-13-6-3-4-9(13)10(14)12-8(11(15)16)5-7-17-2;2-1-3/h8-9H,3-7H2,1-2H3,(H,12,14)(H,15,16);1H,(H,2,3)/t8-,9-;/m0./s1. The SMILES string of the molecule is CSCC[C@H](NC(=O)[C@@H]1CCCN1C)C(=O)O.O=CO. The summed E-state index contributed by atoms with van der Waals surface area (Å²) in [7, 11) is 1.90. The lowest BCUT2D eigenvalue weighted by atomic mass is 10.1. The highest BCUT2D eigenvalue weighted by Crippen LogP contribution is 2.15. The largest absolute Gasteiger partial charge is 0.483 e.